The van der Waals surface area contributed by atoms with E-state index in [0.717, 1.165) is 43.5 Å². The molecule has 0 saturated heterocycles. The molecular formula is C27H36N2O3. The van der Waals surface area contributed by atoms with Gasteiger partial charge in [-0.15, -0.1) is 0 Å². The van der Waals surface area contributed by atoms with E-state index in [-0.39, 0.29) is 28.6 Å². The highest BCUT2D eigenvalue weighted by molar-refractivity contribution is 5.93. The van der Waals surface area contributed by atoms with Crippen LogP contribution in [0.3, 0.4) is 0 Å². The lowest BCUT2D eigenvalue weighted by Crippen LogP contribution is -2.59. The molecule has 5 heteroatoms. The average molecular weight is 437 g/mol. The van der Waals surface area contributed by atoms with Gasteiger partial charge in [0.25, 0.3) is 0 Å². The number of amides is 2. The van der Waals surface area contributed by atoms with Gasteiger partial charge in [0.1, 0.15) is 5.75 Å². The number of methoxy groups -OCH3 is 1. The van der Waals surface area contributed by atoms with Crippen LogP contribution in [0.1, 0.15) is 52.4 Å². The Balaban J connectivity index is 1.36. The zero-order valence-electron chi connectivity index (χ0n) is 19.8. The van der Waals surface area contributed by atoms with Gasteiger partial charge in [-0.25, -0.2) is 0 Å². The fourth-order valence-electron chi connectivity index (χ4n) is 8.10. The molecule has 3 saturated carbocycles. The van der Waals surface area contributed by atoms with E-state index in [2.05, 4.69) is 25.2 Å². The maximum absolute atomic E-state index is 13.4. The van der Waals surface area contributed by atoms with Crippen LogP contribution in [0, 0.1) is 34.5 Å². The summed E-state index contributed by atoms with van der Waals surface area (Å²) < 4.78 is 5.31. The summed E-state index contributed by atoms with van der Waals surface area (Å²) in [7, 11) is 3.61. The molecular weight excluding hydrogens is 400 g/mol. The summed E-state index contributed by atoms with van der Waals surface area (Å²) in [5.41, 5.74) is 0.907. The Morgan fingerprint density at radius 3 is 2.72 bits per heavy atom. The van der Waals surface area contributed by atoms with Gasteiger partial charge in [-0.3, -0.25) is 9.59 Å². The molecule has 2 amide bonds. The van der Waals surface area contributed by atoms with E-state index in [9.17, 15) is 9.59 Å². The molecule has 2 unspecified atom stereocenters. The predicted molar refractivity (Wildman–Crippen MR) is 125 cm³/mol. The minimum atomic E-state index is 0.0490. The monoisotopic (exact) mass is 436 g/mol. The minimum absolute atomic E-state index is 0.0490. The zero-order chi connectivity index (χ0) is 22.7. The third-order valence-electron chi connectivity index (χ3n) is 9.78. The van der Waals surface area contributed by atoms with Crippen LogP contribution in [-0.4, -0.2) is 36.9 Å². The summed E-state index contributed by atoms with van der Waals surface area (Å²) in [6.07, 6.45) is 10.6. The molecule has 7 atom stereocenters. The lowest BCUT2D eigenvalue weighted by Gasteiger charge is -2.60. The smallest absolute Gasteiger partial charge is 0.246 e. The van der Waals surface area contributed by atoms with Crippen LogP contribution < -0.4 is 10.1 Å². The van der Waals surface area contributed by atoms with E-state index in [1.807, 2.05) is 36.2 Å². The van der Waals surface area contributed by atoms with E-state index >= 15 is 0 Å². The maximum atomic E-state index is 13.4. The van der Waals surface area contributed by atoms with Crippen LogP contribution in [-0.2, 0) is 9.59 Å². The first-order valence-electron chi connectivity index (χ1n) is 12.2. The van der Waals surface area contributed by atoms with Gasteiger partial charge in [-0.1, -0.05) is 26.0 Å². The summed E-state index contributed by atoms with van der Waals surface area (Å²) in [6.45, 7) is 4.75. The number of fused-ring (bicyclic) bond motifs is 5. The number of benzene rings is 1. The second kappa shape index (κ2) is 7.64. The van der Waals surface area contributed by atoms with Crippen LogP contribution in [0.15, 0.2) is 36.4 Å². The molecule has 1 aromatic carbocycles. The first-order valence-corrected chi connectivity index (χ1v) is 12.2. The second-order valence-corrected chi connectivity index (χ2v) is 11.0. The van der Waals surface area contributed by atoms with Crippen molar-refractivity contribution in [2.24, 2.45) is 34.5 Å². The normalized spacial score (nSPS) is 40.3. The molecule has 1 aliphatic heterocycles. The fourth-order valence-corrected chi connectivity index (χ4v) is 8.10. The summed E-state index contributed by atoms with van der Waals surface area (Å²) in [5, 5.41) is 3.18. The van der Waals surface area contributed by atoms with Crippen molar-refractivity contribution in [1.82, 2.24) is 4.90 Å². The highest BCUT2D eigenvalue weighted by atomic mass is 16.5. The van der Waals surface area contributed by atoms with Crippen LogP contribution >= 0.6 is 0 Å². The molecule has 1 aromatic rings. The number of carbonyl (C=O) groups excluding carboxylic acids is 2. The van der Waals surface area contributed by atoms with Gasteiger partial charge in [0, 0.05) is 36.2 Å². The number of hydrogen-bond donors (Lipinski definition) is 1. The molecule has 3 fully saturated rings. The largest absolute Gasteiger partial charge is 0.497 e. The molecule has 5 rings (SSSR count). The van der Waals surface area contributed by atoms with Crippen LogP contribution in [0.25, 0.3) is 0 Å². The Morgan fingerprint density at radius 2 is 1.94 bits per heavy atom. The van der Waals surface area contributed by atoms with Gasteiger partial charge in [0.15, 0.2) is 0 Å². The highest BCUT2D eigenvalue weighted by Gasteiger charge is 2.61. The van der Waals surface area contributed by atoms with Gasteiger partial charge in [0.05, 0.1) is 7.11 Å². The molecule has 0 radical (unpaired) electrons. The Bertz CT molecular complexity index is 958. The molecule has 5 nitrogen and oxygen atoms in total. The van der Waals surface area contributed by atoms with Crippen molar-refractivity contribution in [1.29, 1.82) is 0 Å². The lowest BCUT2D eigenvalue weighted by molar-refractivity contribution is -0.141. The van der Waals surface area contributed by atoms with Crippen molar-refractivity contribution in [2.75, 3.05) is 19.5 Å². The van der Waals surface area contributed by atoms with Crippen molar-refractivity contribution in [3.8, 4) is 5.75 Å². The minimum Gasteiger partial charge on any atom is -0.497 e. The number of carbonyl (C=O) groups is 2. The van der Waals surface area contributed by atoms with Crippen molar-refractivity contribution < 1.29 is 14.3 Å². The van der Waals surface area contributed by atoms with Crippen molar-refractivity contribution in [3.05, 3.63) is 36.4 Å². The molecule has 172 valence electrons. The van der Waals surface area contributed by atoms with E-state index in [0.29, 0.717) is 23.8 Å². The Hall–Kier alpha value is -2.30. The zero-order valence-corrected chi connectivity index (χ0v) is 19.8. The molecule has 1 N–H and O–H groups in total. The Morgan fingerprint density at radius 1 is 1.12 bits per heavy atom. The van der Waals surface area contributed by atoms with Crippen molar-refractivity contribution >= 4 is 17.5 Å². The van der Waals surface area contributed by atoms with Gasteiger partial charge >= 0.3 is 0 Å². The fraction of sp³-hybridized carbons (Fsp3) is 0.630. The quantitative estimate of drug-likeness (QED) is 0.734. The summed E-state index contributed by atoms with van der Waals surface area (Å²) in [5.74, 6) is 2.91. The highest BCUT2D eigenvalue weighted by Crippen LogP contribution is 2.65. The van der Waals surface area contributed by atoms with E-state index in [4.69, 9.17) is 4.74 Å². The third kappa shape index (κ3) is 3.11. The Labute approximate surface area is 191 Å². The Kier molecular flexibility index (Phi) is 5.14. The topological polar surface area (TPSA) is 58.6 Å². The van der Waals surface area contributed by atoms with Gasteiger partial charge < -0.3 is 15.0 Å². The lowest BCUT2D eigenvalue weighted by atomic mass is 9.47. The number of anilines is 1. The summed E-state index contributed by atoms with van der Waals surface area (Å²) >= 11 is 0. The van der Waals surface area contributed by atoms with Crippen LogP contribution in [0.4, 0.5) is 5.69 Å². The van der Waals surface area contributed by atoms with Gasteiger partial charge in [0.2, 0.25) is 11.8 Å². The molecule has 0 spiro atoms. The summed E-state index contributed by atoms with van der Waals surface area (Å²) in [4.78, 5) is 27.7. The first-order chi connectivity index (χ1) is 15.3. The van der Waals surface area contributed by atoms with Gasteiger partial charge in [-0.2, -0.15) is 0 Å². The third-order valence-corrected chi connectivity index (χ3v) is 9.78. The van der Waals surface area contributed by atoms with E-state index < -0.39 is 0 Å². The van der Waals surface area contributed by atoms with E-state index in [1.54, 1.807) is 13.2 Å². The molecule has 4 aliphatic rings. The SMILES string of the molecule is COc1cccc(NC(=O)C2CC[C@H]3[C@@H]4CCC5N(C)C(=O)C=C[C@]5(C)[C@@H]4CC[C@]23C)c1. The number of rotatable bonds is 3. The average Bonchev–Trinajstić information content (AvgIpc) is 3.14. The van der Waals surface area contributed by atoms with Crippen LogP contribution in [0.2, 0.25) is 0 Å². The first kappa shape index (κ1) is 21.5. The van der Waals surface area contributed by atoms with Crippen LogP contribution in [0.5, 0.6) is 5.75 Å². The molecule has 32 heavy (non-hydrogen) atoms. The molecule has 0 bridgehead atoms. The number of hydrogen-bond acceptors (Lipinski definition) is 3. The standard InChI is InChI=1S/C27H36N2O3/c1-26-14-12-21-19(8-11-23-27(21,2)15-13-24(30)29(23)3)20(26)9-10-22(26)25(31)28-17-6-5-7-18(16-17)32-4/h5-7,13,15-16,19-23H,8-12,14H2,1-4H3,(H,28,31)/t19-,20-,21+,22?,23?,26-,27+/m0/s1. The predicted octanol–water partition coefficient (Wildman–Crippen LogP) is 4.89. The van der Waals surface area contributed by atoms with Gasteiger partial charge in [-0.05, 0) is 79.9 Å². The second-order valence-electron chi connectivity index (χ2n) is 11.0. The van der Waals surface area contributed by atoms with Crippen molar-refractivity contribution in [3.63, 3.8) is 0 Å². The molecule has 1 heterocycles. The number of likely N-dealkylation sites (N-methyl/N-ethyl adjacent to an activating group) is 1. The summed E-state index contributed by atoms with van der Waals surface area (Å²) in [6, 6.07) is 7.93. The van der Waals surface area contributed by atoms with E-state index in [1.165, 1.54) is 6.42 Å². The number of ether oxygens (including phenoxy) is 1. The van der Waals surface area contributed by atoms with Crippen molar-refractivity contribution in [2.45, 2.75) is 58.4 Å². The number of nitrogens with zero attached hydrogens (tertiary/aromatic N) is 1. The molecule has 0 aromatic heterocycles. The maximum Gasteiger partial charge on any atom is 0.246 e. The number of nitrogens with one attached hydrogen (secondary N) is 1. The molecule has 3 aliphatic carbocycles.